The van der Waals surface area contributed by atoms with Gasteiger partial charge in [0.05, 0.1) is 13.2 Å². The fourth-order valence-corrected chi connectivity index (χ4v) is 1.47. The fraction of sp³-hybridized carbons (Fsp3) is 0.385. The third-order valence-electron chi connectivity index (χ3n) is 2.36. The maximum atomic E-state index is 11.9. The summed E-state index contributed by atoms with van der Waals surface area (Å²) in [5.74, 6) is -2.60. The van der Waals surface area contributed by atoms with E-state index in [0.717, 1.165) is 6.07 Å². The van der Waals surface area contributed by atoms with Gasteiger partial charge in [0.25, 0.3) is 5.91 Å². The first-order valence-corrected chi connectivity index (χ1v) is 6.32. The number of rotatable bonds is 6. The van der Waals surface area contributed by atoms with Gasteiger partial charge in [-0.1, -0.05) is 0 Å². The number of nitrogens with one attached hydrogen (secondary N) is 2. The monoisotopic (exact) mass is 296 g/mol. The molecule has 1 rings (SSSR count). The number of ether oxygens (including phenoxy) is 2. The van der Waals surface area contributed by atoms with Gasteiger partial charge in [-0.05, 0) is 19.9 Å². The van der Waals surface area contributed by atoms with Crippen molar-refractivity contribution in [3.8, 4) is 0 Å². The normalized spacial score (nSPS) is 10.0. The van der Waals surface area contributed by atoms with Crippen LogP contribution >= 0.6 is 0 Å². The van der Waals surface area contributed by atoms with E-state index in [1.165, 1.54) is 12.3 Å². The lowest BCUT2D eigenvalue weighted by Gasteiger charge is -2.15. The van der Waals surface area contributed by atoms with Crippen molar-refractivity contribution < 1.29 is 23.9 Å². The molecule has 0 bridgehead atoms. The predicted octanol–water partition coefficient (Wildman–Crippen LogP) is -0.401. The van der Waals surface area contributed by atoms with Crippen molar-refractivity contribution in [3.63, 3.8) is 0 Å². The molecule has 8 nitrogen and oxygen atoms in total. The molecule has 0 unspecified atom stereocenters. The fourth-order valence-electron chi connectivity index (χ4n) is 1.47. The van der Waals surface area contributed by atoms with Gasteiger partial charge in [-0.3, -0.25) is 9.59 Å². The van der Waals surface area contributed by atoms with E-state index in [4.69, 9.17) is 9.47 Å². The summed E-state index contributed by atoms with van der Waals surface area (Å²) >= 11 is 0. The highest BCUT2D eigenvalue weighted by Gasteiger charge is 2.31. The van der Waals surface area contributed by atoms with Crippen LogP contribution < -0.4 is 10.9 Å². The van der Waals surface area contributed by atoms with Crippen LogP contribution in [0, 0.1) is 0 Å². The lowest BCUT2D eigenvalue weighted by molar-refractivity contribution is -0.157. The molecule has 114 valence electrons. The molecular formula is C13H16N2O6. The molecule has 21 heavy (non-hydrogen) atoms. The molecule has 0 aliphatic rings. The Labute approximate surface area is 120 Å². The van der Waals surface area contributed by atoms with Crippen LogP contribution in [0.25, 0.3) is 0 Å². The summed E-state index contributed by atoms with van der Waals surface area (Å²) < 4.78 is 9.42. The van der Waals surface area contributed by atoms with Crippen LogP contribution in [0.15, 0.2) is 23.1 Å². The minimum Gasteiger partial charge on any atom is -0.464 e. The van der Waals surface area contributed by atoms with Crippen LogP contribution in [0.1, 0.15) is 24.2 Å². The van der Waals surface area contributed by atoms with Crippen molar-refractivity contribution in [1.29, 1.82) is 0 Å². The molecule has 0 spiro atoms. The van der Waals surface area contributed by atoms with Crippen molar-refractivity contribution in [2.75, 3.05) is 13.2 Å². The molecule has 0 saturated carbocycles. The number of carbonyl (C=O) groups is 3. The molecule has 1 heterocycles. The number of esters is 2. The lowest BCUT2D eigenvalue weighted by atomic mass is 10.2. The quantitative estimate of drug-likeness (QED) is 0.545. The van der Waals surface area contributed by atoms with Gasteiger partial charge in [-0.25, -0.2) is 9.59 Å². The van der Waals surface area contributed by atoms with Gasteiger partial charge >= 0.3 is 11.9 Å². The van der Waals surface area contributed by atoms with Gasteiger partial charge in [-0.15, -0.1) is 0 Å². The van der Waals surface area contributed by atoms with Crippen LogP contribution in [0.3, 0.4) is 0 Å². The number of pyridine rings is 1. The van der Waals surface area contributed by atoms with E-state index in [1.807, 2.05) is 0 Å². The molecule has 8 heteroatoms. The van der Waals surface area contributed by atoms with Crippen molar-refractivity contribution in [2.24, 2.45) is 0 Å². The first-order chi connectivity index (χ1) is 9.99. The highest BCUT2D eigenvalue weighted by atomic mass is 16.6. The van der Waals surface area contributed by atoms with Gasteiger partial charge in [0.1, 0.15) is 0 Å². The van der Waals surface area contributed by atoms with Crippen molar-refractivity contribution in [1.82, 2.24) is 10.3 Å². The Hall–Kier alpha value is -2.64. The molecule has 0 aliphatic carbocycles. The summed E-state index contributed by atoms with van der Waals surface area (Å²) in [5, 5.41) is 2.19. The highest BCUT2D eigenvalue weighted by molar-refractivity contribution is 6.05. The number of aromatic amines is 1. The SMILES string of the molecule is CCOC(=O)C(NC(=O)c1cc[nH]c(=O)c1)C(=O)OCC. The molecule has 0 saturated heterocycles. The molecule has 0 aliphatic heterocycles. The van der Waals surface area contributed by atoms with E-state index < -0.39 is 29.4 Å². The Balaban J connectivity index is 2.89. The number of hydrogen-bond acceptors (Lipinski definition) is 6. The Kier molecular flexibility index (Phi) is 6.12. The van der Waals surface area contributed by atoms with Crippen LogP contribution in [0.4, 0.5) is 0 Å². The molecule has 2 N–H and O–H groups in total. The van der Waals surface area contributed by atoms with E-state index in [-0.39, 0.29) is 18.8 Å². The average Bonchev–Trinajstić information content (AvgIpc) is 2.44. The Morgan fingerprint density at radius 2 is 1.76 bits per heavy atom. The average molecular weight is 296 g/mol. The minimum absolute atomic E-state index is 0.0114. The first-order valence-electron chi connectivity index (χ1n) is 6.32. The Morgan fingerprint density at radius 1 is 1.19 bits per heavy atom. The van der Waals surface area contributed by atoms with Gasteiger partial charge in [0, 0.05) is 17.8 Å². The number of carbonyl (C=O) groups excluding carboxylic acids is 3. The Bertz CT molecular complexity index is 562. The third kappa shape index (κ3) is 4.75. The second kappa shape index (κ2) is 7.83. The van der Waals surface area contributed by atoms with Crippen molar-refractivity contribution >= 4 is 17.8 Å². The van der Waals surface area contributed by atoms with Gasteiger partial charge in [0.15, 0.2) is 0 Å². The summed E-state index contributed by atoms with van der Waals surface area (Å²) in [6, 6.07) is 0.809. The molecule has 0 fully saturated rings. The topological polar surface area (TPSA) is 115 Å². The largest absolute Gasteiger partial charge is 0.464 e. The molecule has 1 aromatic heterocycles. The van der Waals surface area contributed by atoms with E-state index in [1.54, 1.807) is 13.8 Å². The van der Waals surface area contributed by atoms with Crippen LogP contribution in [-0.2, 0) is 19.1 Å². The molecular weight excluding hydrogens is 280 g/mol. The van der Waals surface area contributed by atoms with Crippen LogP contribution in [-0.4, -0.2) is 42.1 Å². The number of amides is 1. The van der Waals surface area contributed by atoms with Crippen LogP contribution in [0.2, 0.25) is 0 Å². The first kappa shape index (κ1) is 16.4. The number of aromatic nitrogens is 1. The van der Waals surface area contributed by atoms with E-state index >= 15 is 0 Å². The number of H-pyrrole nitrogens is 1. The van der Waals surface area contributed by atoms with Gasteiger partial charge in [0.2, 0.25) is 11.6 Å². The maximum absolute atomic E-state index is 11.9. The second-order valence-corrected chi connectivity index (χ2v) is 3.85. The van der Waals surface area contributed by atoms with Gasteiger partial charge < -0.3 is 19.8 Å². The zero-order valence-electron chi connectivity index (χ0n) is 11.7. The molecule has 1 aromatic rings. The molecule has 0 atom stereocenters. The predicted molar refractivity (Wildman–Crippen MR) is 71.6 cm³/mol. The zero-order chi connectivity index (χ0) is 15.8. The molecule has 1 amide bonds. The summed E-state index contributed by atoms with van der Waals surface area (Å²) in [6.45, 7) is 3.24. The summed E-state index contributed by atoms with van der Waals surface area (Å²) in [6.07, 6.45) is 1.28. The van der Waals surface area contributed by atoms with E-state index in [9.17, 15) is 19.2 Å². The molecule has 0 radical (unpaired) electrons. The van der Waals surface area contributed by atoms with E-state index in [2.05, 4.69) is 10.3 Å². The summed E-state index contributed by atoms with van der Waals surface area (Å²) in [5.41, 5.74) is -0.469. The third-order valence-corrected chi connectivity index (χ3v) is 2.36. The lowest BCUT2D eigenvalue weighted by Crippen LogP contribution is -2.48. The highest BCUT2D eigenvalue weighted by Crippen LogP contribution is 1.99. The van der Waals surface area contributed by atoms with E-state index in [0.29, 0.717) is 0 Å². The summed E-state index contributed by atoms with van der Waals surface area (Å²) in [4.78, 5) is 48.8. The molecule has 0 aromatic carbocycles. The number of hydrogen-bond donors (Lipinski definition) is 2. The van der Waals surface area contributed by atoms with Gasteiger partial charge in [-0.2, -0.15) is 0 Å². The zero-order valence-corrected chi connectivity index (χ0v) is 11.7. The summed E-state index contributed by atoms with van der Waals surface area (Å²) in [7, 11) is 0. The maximum Gasteiger partial charge on any atom is 0.340 e. The minimum atomic E-state index is -1.57. The van der Waals surface area contributed by atoms with Crippen molar-refractivity contribution in [3.05, 3.63) is 34.2 Å². The Morgan fingerprint density at radius 3 is 2.24 bits per heavy atom. The second-order valence-electron chi connectivity index (χ2n) is 3.85. The van der Waals surface area contributed by atoms with Crippen molar-refractivity contribution in [2.45, 2.75) is 19.9 Å². The van der Waals surface area contributed by atoms with Crippen LogP contribution in [0.5, 0.6) is 0 Å². The smallest absolute Gasteiger partial charge is 0.340 e. The standard InChI is InChI=1S/C13H16N2O6/c1-3-20-12(18)10(13(19)21-4-2)15-11(17)8-5-6-14-9(16)7-8/h5-7,10H,3-4H2,1-2H3,(H,14,16)(H,15,17).